The van der Waals surface area contributed by atoms with E-state index in [0.29, 0.717) is 11.1 Å². The normalized spacial score (nSPS) is 32.8. The number of aryl methyl sites for hydroxylation is 1. The predicted molar refractivity (Wildman–Crippen MR) is 118 cm³/mol. The highest BCUT2D eigenvalue weighted by molar-refractivity contribution is 8.15. The molecule has 0 aromatic heterocycles. The number of benzene rings is 1. The Kier molecular flexibility index (Phi) is 5.05. The van der Waals surface area contributed by atoms with Gasteiger partial charge in [-0.05, 0) is 49.7 Å². The standard InChI is InChI=1S/C22H28N4O2S/c1-13-5-7-15(8-6-13)23-18(27)12-16-19(28)24-20(29-16)26-25-17-11-14-9-10-22(17,4)21(14,2)3/h5-8,14,16H,9-12H2,1-4H3,(H,23,27)(H,24,26,28)/b25-17-/t14-,16-,22-/m0/s1. The zero-order valence-corrected chi connectivity index (χ0v) is 18.2. The van der Waals surface area contributed by atoms with E-state index in [9.17, 15) is 9.59 Å². The van der Waals surface area contributed by atoms with Crippen LogP contribution in [0.15, 0.2) is 34.5 Å². The number of hydrogen-bond acceptors (Lipinski definition) is 5. The molecule has 3 fully saturated rings. The van der Waals surface area contributed by atoms with Crippen LogP contribution in [0.25, 0.3) is 0 Å². The molecule has 1 aliphatic heterocycles. The van der Waals surface area contributed by atoms with E-state index >= 15 is 0 Å². The summed E-state index contributed by atoms with van der Waals surface area (Å²) in [6, 6.07) is 7.59. The van der Waals surface area contributed by atoms with Crippen molar-refractivity contribution in [2.24, 2.45) is 27.0 Å². The maximum Gasteiger partial charge on any atom is 0.240 e. The van der Waals surface area contributed by atoms with Gasteiger partial charge < -0.3 is 10.6 Å². The average molecular weight is 413 g/mol. The summed E-state index contributed by atoms with van der Waals surface area (Å²) in [5, 5.41) is 14.5. The van der Waals surface area contributed by atoms with Crippen molar-refractivity contribution in [2.45, 2.75) is 58.6 Å². The van der Waals surface area contributed by atoms with E-state index in [1.54, 1.807) is 0 Å². The molecule has 1 aromatic carbocycles. The van der Waals surface area contributed by atoms with Crippen LogP contribution < -0.4 is 10.6 Å². The van der Waals surface area contributed by atoms with Crippen LogP contribution in [-0.2, 0) is 9.59 Å². The summed E-state index contributed by atoms with van der Waals surface area (Å²) in [5.41, 5.74) is 3.33. The molecule has 29 heavy (non-hydrogen) atoms. The van der Waals surface area contributed by atoms with Crippen LogP contribution in [-0.4, -0.2) is 27.9 Å². The lowest BCUT2D eigenvalue weighted by molar-refractivity contribution is -0.122. The van der Waals surface area contributed by atoms with E-state index in [0.717, 1.165) is 29.8 Å². The maximum absolute atomic E-state index is 12.3. The summed E-state index contributed by atoms with van der Waals surface area (Å²) < 4.78 is 0. The Morgan fingerprint density at radius 3 is 2.59 bits per heavy atom. The molecule has 2 aliphatic carbocycles. The van der Waals surface area contributed by atoms with E-state index < -0.39 is 5.25 Å². The third-order valence-corrected chi connectivity index (χ3v) is 8.33. The van der Waals surface area contributed by atoms with Crippen LogP contribution in [0.5, 0.6) is 0 Å². The van der Waals surface area contributed by atoms with Crippen molar-refractivity contribution in [3.63, 3.8) is 0 Å². The van der Waals surface area contributed by atoms with Gasteiger partial charge in [0.15, 0.2) is 5.17 Å². The molecule has 7 heteroatoms. The third-order valence-electron chi connectivity index (χ3n) is 7.26. The molecule has 0 spiro atoms. The molecular formula is C22H28N4O2S. The summed E-state index contributed by atoms with van der Waals surface area (Å²) >= 11 is 1.28. The van der Waals surface area contributed by atoms with Crippen LogP contribution >= 0.6 is 11.8 Å². The Hall–Kier alpha value is -2.15. The molecule has 4 rings (SSSR count). The number of amides is 2. The summed E-state index contributed by atoms with van der Waals surface area (Å²) in [6.07, 6.45) is 3.49. The number of thioether (sulfide) groups is 1. The van der Waals surface area contributed by atoms with Gasteiger partial charge in [-0.15, -0.1) is 5.10 Å². The lowest BCUT2D eigenvalue weighted by Gasteiger charge is -2.34. The highest BCUT2D eigenvalue weighted by Crippen LogP contribution is 2.64. The Bertz CT molecular complexity index is 906. The monoisotopic (exact) mass is 412 g/mol. The minimum Gasteiger partial charge on any atom is -0.326 e. The number of carbonyl (C=O) groups is 2. The molecule has 1 heterocycles. The summed E-state index contributed by atoms with van der Waals surface area (Å²) in [6.45, 7) is 8.94. The fraction of sp³-hybridized carbons (Fsp3) is 0.545. The molecule has 2 bridgehead atoms. The first kappa shape index (κ1) is 20.1. The van der Waals surface area contributed by atoms with Gasteiger partial charge in [-0.2, -0.15) is 5.10 Å². The number of rotatable bonds is 4. The van der Waals surface area contributed by atoms with Gasteiger partial charge in [-0.25, -0.2) is 0 Å². The van der Waals surface area contributed by atoms with Gasteiger partial charge in [0.1, 0.15) is 5.25 Å². The van der Waals surface area contributed by atoms with E-state index in [1.165, 1.54) is 18.2 Å². The molecule has 154 valence electrons. The molecular weight excluding hydrogens is 384 g/mol. The highest BCUT2D eigenvalue weighted by Gasteiger charge is 2.60. The molecule has 0 unspecified atom stereocenters. The van der Waals surface area contributed by atoms with Crippen LogP contribution in [0.2, 0.25) is 0 Å². The molecule has 3 aliphatic rings. The number of carbonyl (C=O) groups excluding carboxylic acids is 2. The zero-order chi connectivity index (χ0) is 20.8. The van der Waals surface area contributed by atoms with Crippen LogP contribution in [0, 0.1) is 23.7 Å². The van der Waals surface area contributed by atoms with Crippen molar-refractivity contribution in [1.29, 1.82) is 0 Å². The molecule has 3 atom stereocenters. The van der Waals surface area contributed by atoms with Gasteiger partial charge in [0.2, 0.25) is 11.8 Å². The van der Waals surface area contributed by atoms with Crippen LogP contribution in [0.3, 0.4) is 0 Å². The number of hydrogen-bond donors (Lipinski definition) is 2. The minimum absolute atomic E-state index is 0.0856. The van der Waals surface area contributed by atoms with Crippen molar-refractivity contribution in [3.8, 4) is 0 Å². The van der Waals surface area contributed by atoms with Crippen molar-refractivity contribution >= 4 is 40.1 Å². The van der Waals surface area contributed by atoms with Crippen molar-refractivity contribution < 1.29 is 9.59 Å². The zero-order valence-electron chi connectivity index (χ0n) is 17.4. The molecule has 6 nitrogen and oxygen atoms in total. The fourth-order valence-corrected chi connectivity index (χ4v) is 5.71. The minimum atomic E-state index is -0.480. The maximum atomic E-state index is 12.3. The van der Waals surface area contributed by atoms with E-state index in [2.05, 4.69) is 41.6 Å². The molecule has 2 amide bonds. The first-order valence-corrected chi connectivity index (χ1v) is 11.1. The topological polar surface area (TPSA) is 82.9 Å². The first-order valence-electron chi connectivity index (χ1n) is 10.2. The fourth-order valence-electron chi connectivity index (χ4n) is 4.79. The Labute approximate surface area is 176 Å². The second-order valence-corrected chi connectivity index (χ2v) is 10.4. The third kappa shape index (κ3) is 3.61. The molecule has 2 N–H and O–H groups in total. The number of nitrogens with zero attached hydrogens (tertiary/aromatic N) is 2. The van der Waals surface area contributed by atoms with E-state index in [4.69, 9.17) is 0 Å². The first-order chi connectivity index (χ1) is 13.7. The number of nitrogens with one attached hydrogen (secondary N) is 2. The predicted octanol–water partition coefficient (Wildman–Crippen LogP) is 4.11. The number of anilines is 1. The van der Waals surface area contributed by atoms with Crippen molar-refractivity contribution in [1.82, 2.24) is 5.32 Å². The van der Waals surface area contributed by atoms with Gasteiger partial charge in [-0.3, -0.25) is 9.59 Å². The Morgan fingerprint density at radius 1 is 1.24 bits per heavy atom. The largest absolute Gasteiger partial charge is 0.326 e. The number of fused-ring (bicyclic) bond motifs is 2. The SMILES string of the molecule is Cc1ccc(NC(=O)C[C@@H]2S/C(=N\N=C3\C[C@@H]4CC[C@]3(C)C4(C)C)NC2=O)cc1. The summed E-state index contributed by atoms with van der Waals surface area (Å²) in [5.74, 6) is 0.291. The van der Waals surface area contributed by atoms with Crippen molar-refractivity contribution in [2.75, 3.05) is 5.32 Å². The van der Waals surface area contributed by atoms with E-state index in [-0.39, 0.29) is 29.1 Å². The lowest BCUT2D eigenvalue weighted by atomic mass is 9.70. The Morgan fingerprint density at radius 2 is 1.97 bits per heavy atom. The van der Waals surface area contributed by atoms with Gasteiger partial charge in [0.25, 0.3) is 0 Å². The average Bonchev–Trinajstić information content (AvgIpc) is 3.18. The number of amidine groups is 1. The van der Waals surface area contributed by atoms with Crippen LogP contribution in [0.4, 0.5) is 5.69 Å². The van der Waals surface area contributed by atoms with E-state index in [1.807, 2.05) is 31.2 Å². The second-order valence-electron chi connectivity index (χ2n) is 9.16. The summed E-state index contributed by atoms with van der Waals surface area (Å²) in [4.78, 5) is 24.6. The van der Waals surface area contributed by atoms with Gasteiger partial charge in [0.05, 0.1) is 0 Å². The highest BCUT2D eigenvalue weighted by atomic mass is 32.2. The lowest BCUT2D eigenvalue weighted by Crippen LogP contribution is -2.32. The second kappa shape index (κ2) is 7.27. The molecule has 2 saturated carbocycles. The molecule has 0 radical (unpaired) electrons. The smallest absolute Gasteiger partial charge is 0.240 e. The van der Waals surface area contributed by atoms with Crippen LogP contribution in [0.1, 0.15) is 52.0 Å². The Balaban J connectivity index is 1.38. The van der Waals surface area contributed by atoms with Gasteiger partial charge >= 0.3 is 0 Å². The summed E-state index contributed by atoms with van der Waals surface area (Å²) in [7, 11) is 0. The van der Waals surface area contributed by atoms with Gasteiger partial charge in [0, 0.05) is 23.2 Å². The van der Waals surface area contributed by atoms with Crippen molar-refractivity contribution in [3.05, 3.63) is 29.8 Å². The molecule has 1 aromatic rings. The molecule has 1 saturated heterocycles. The van der Waals surface area contributed by atoms with Gasteiger partial charge in [-0.1, -0.05) is 50.2 Å². The quantitative estimate of drug-likeness (QED) is 0.730.